The van der Waals surface area contributed by atoms with Crippen molar-refractivity contribution in [3.63, 3.8) is 0 Å². The molecule has 0 amide bonds. The van der Waals surface area contributed by atoms with Crippen molar-refractivity contribution in [3.05, 3.63) is 29.3 Å². The topological polar surface area (TPSA) is 29.3 Å². The second-order valence-corrected chi connectivity index (χ2v) is 5.38. The average molecular weight is 232 g/mol. The van der Waals surface area contributed by atoms with Crippen molar-refractivity contribution >= 4 is 5.69 Å². The Morgan fingerprint density at radius 2 is 2.12 bits per heavy atom. The lowest BCUT2D eigenvalue weighted by Crippen LogP contribution is -2.43. The van der Waals surface area contributed by atoms with Crippen LogP contribution in [-0.4, -0.2) is 19.1 Å². The number of benzene rings is 1. The summed E-state index contributed by atoms with van der Waals surface area (Å²) in [4.78, 5) is 2.54. The van der Waals surface area contributed by atoms with E-state index in [-0.39, 0.29) is 0 Å². The van der Waals surface area contributed by atoms with Gasteiger partial charge in [-0.3, -0.25) is 0 Å². The molecule has 0 saturated heterocycles. The van der Waals surface area contributed by atoms with Crippen LogP contribution in [0.15, 0.2) is 18.2 Å². The summed E-state index contributed by atoms with van der Waals surface area (Å²) in [5.74, 6) is 0.544. The summed E-state index contributed by atoms with van der Waals surface area (Å²) in [7, 11) is 0. The molecule has 1 aliphatic rings. The molecule has 2 unspecified atom stereocenters. The van der Waals surface area contributed by atoms with E-state index in [0.717, 1.165) is 6.54 Å². The van der Waals surface area contributed by atoms with Crippen molar-refractivity contribution in [1.29, 1.82) is 0 Å². The van der Waals surface area contributed by atoms with Gasteiger partial charge in [-0.05, 0) is 50.8 Å². The Morgan fingerprint density at radius 3 is 2.82 bits per heavy atom. The van der Waals surface area contributed by atoms with Crippen LogP contribution < -0.4 is 10.6 Å². The van der Waals surface area contributed by atoms with Crippen LogP contribution in [0.1, 0.15) is 31.4 Å². The first kappa shape index (κ1) is 12.4. The molecule has 0 bridgehead atoms. The van der Waals surface area contributed by atoms with Gasteiger partial charge in [-0.15, -0.1) is 0 Å². The lowest BCUT2D eigenvalue weighted by Gasteiger charge is -2.39. The maximum atomic E-state index is 5.80. The first-order valence-electron chi connectivity index (χ1n) is 6.69. The van der Waals surface area contributed by atoms with Crippen LogP contribution in [0.25, 0.3) is 0 Å². The van der Waals surface area contributed by atoms with Gasteiger partial charge in [0.15, 0.2) is 0 Å². The number of rotatable bonds is 3. The van der Waals surface area contributed by atoms with E-state index in [0.29, 0.717) is 12.0 Å². The van der Waals surface area contributed by atoms with Crippen LogP contribution in [0.2, 0.25) is 0 Å². The Bertz CT molecular complexity index is 387. The molecule has 1 aromatic rings. The Labute approximate surface area is 105 Å². The summed E-state index contributed by atoms with van der Waals surface area (Å²) in [5, 5.41) is 0. The van der Waals surface area contributed by atoms with E-state index in [2.05, 4.69) is 43.9 Å². The van der Waals surface area contributed by atoms with Crippen LogP contribution in [0.5, 0.6) is 0 Å². The van der Waals surface area contributed by atoms with Gasteiger partial charge in [0.25, 0.3) is 0 Å². The Hall–Kier alpha value is -1.02. The maximum Gasteiger partial charge on any atom is 0.0401 e. The van der Waals surface area contributed by atoms with E-state index in [1.54, 1.807) is 0 Å². The molecule has 0 aliphatic carbocycles. The van der Waals surface area contributed by atoms with E-state index >= 15 is 0 Å². The Balaban J connectivity index is 2.28. The number of fused-ring (bicyclic) bond motifs is 1. The zero-order chi connectivity index (χ0) is 12.4. The van der Waals surface area contributed by atoms with Gasteiger partial charge in [-0.2, -0.15) is 0 Å². The lowest BCUT2D eigenvalue weighted by atomic mass is 9.94. The van der Waals surface area contributed by atoms with Crippen LogP contribution in [0.3, 0.4) is 0 Å². The van der Waals surface area contributed by atoms with Crippen LogP contribution in [0, 0.1) is 12.8 Å². The van der Waals surface area contributed by atoms with E-state index in [1.807, 2.05) is 0 Å². The molecule has 1 aromatic carbocycles. The highest BCUT2D eigenvalue weighted by Gasteiger charge is 2.24. The van der Waals surface area contributed by atoms with E-state index < -0.39 is 0 Å². The maximum absolute atomic E-state index is 5.80. The van der Waals surface area contributed by atoms with E-state index in [9.17, 15) is 0 Å². The Kier molecular flexibility index (Phi) is 3.72. The summed E-state index contributed by atoms with van der Waals surface area (Å²) in [6.07, 6.45) is 2.48. The molecule has 0 aromatic heterocycles. The molecule has 0 saturated carbocycles. The minimum Gasteiger partial charge on any atom is -0.368 e. The number of nitrogens with two attached hydrogens (primary N) is 1. The van der Waals surface area contributed by atoms with Crippen molar-refractivity contribution in [3.8, 4) is 0 Å². The zero-order valence-corrected chi connectivity index (χ0v) is 11.2. The summed E-state index contributed by atoms with van der Waals surface area (Å²) < 4.78 is 0. The number of anilines is 1. The summed E-state index contributed by atoms with van der Waals surface area (Å²) in [5.41, 5.74) is 10.1. The molecule has 2 heteroatoms. The molecule has 1 aliphatic heterocycles. The fraction of sp³-hybridized carbons (Fsp3) is 0.600. The highest BCUT2D eigenvalue weighted by atomic mass is 15.2. The molecule has 17 heavy (non-hydrogen) atoms. The summed E-state index contributed by atoms with van der Waals surface area (Å²) >= 11 is 0. The number of nitrogens with zero attached hydrogens (tertiary/aromatic N) is 1. The predicted octanol–water partition coefficient (Wildman–Crippen LogP) is 2.73. The standard InChI is InChI=1S/C15H24N2/c1-11-6-7-15-14(9-11)5-4-8-17(15)13(3)12(2)10-16/h6-7,9,12-13H,4-5,8,10,16H2,1-3H3. The van der Waals surface area contributed by atoms with Crippen molar-refractivity contribution < 1.29 is 0 Å². The third kappa shape index (κ3) is 2.47. The first-order chi connectivity index (χ1) is 8.13. The molecular weight excluding hydrogens is 208 g/mol. The van der Waals surface area contributed by atoms with E-state index in [4.69, 9.17) is 5.73 Å². The van der Waals surface area contributed by atoms with Crippen LogP contribution in [0.4, 0.5) is 5.69 Å². The van der Waals surface area contributed by atoms with Crippen LogP contribution >= 0.6 is 0 Å². The smallest absolute Gasteiger partial charge is 0.0401 e. The van der Waals surface area contributed by atoms with Crippen molar-refractivity contribution in [2.45, 2.75) is 39.7 Å². The molecule has 2 rings (SSSR count). The van der Waals surface area contributed by atoms with Crippen LogP contribution in [-0.2, 0) is 6.42 Å². The molecule has 2 N–H and O–H groups in total. The number of hydrogen-bond donors (Lipinski definition) is 1. The normalized spacial score (nSPS) is 18.7. The molecular formula is C15H24N2. The van der Waals surface area contributed by atoms with Gasteiger partial charge in [0, 0.05) is 18.3 Å². The number of aryl methyl sites for hydroxylation is 2. The summed E-state index contributed by atoms with van der Waals surface area (Å²) in [6.45, 7) is 8.64. The van der Waals surface area contributed by atoms with Gasteiger partial charge in [0.2, 0.25) is 0 Å². The fourth-order valence-corrected chi connectivity index (χ4v) is 2.68. The molecule has 94 valence electrons. The van der Waals surface area contributed by atoms with Crippen molar-refractivity contribution in [2.75, 3.05) is 18.0 Å². The molecule has 0 spiro atoms. The van der Waals surface area contributed by atoms with Crippen molar-refractivity contribution in [1.82, 2.24) is 0 Å². The van der Waals surface area contributed by atoms with E-state index in [1.165, 1.54) is 36.2 Å². The molecule has 0 fully saturated rings. The first-order valence-corrected chi connectivity index (χ1v) is 6.69. The van der Waals surface area contributed by atoms with Gasteiger partial charge in [-0.1, -0.05) is 24.6 Å². The van der Waals surface area contributed by atoms with Gasteiger partial charge in [0.05, 0.1) is 0 Å². The molecule has 2 atom stereocenters. The van der Waals surface area contributed by atoms with Crippen molar-refractivity contribution in [2.24, 2.45) is 11.7 Å². The molecule has 2 nitrogen and oxygen atoms in total. The third-order valence-electron chi connectivity index (χ3n) is 4.08. The third-order valence-corrected chi connectivity index (χ3v) is 4.08. The number of hydrogen-bond acceptors (Lipinski definition) is 2. The average Bonchev–Trinajstić information content (AvgIpc) is 2.35. The Morgan fingerprint density at radius 1 is 1.35 bits per heavy atom. The zero-order valence-electron chi connectivity index (χ0n) is 11.2. The summed E-state index contributed by atoms with van der Waals surface area (Å²) in [6, 6.07) is 7.36. The predicted molar refractivity (Wildman–Crippen MR) is 74.5 cm³/mol. The van der Waals surface area contributed by atoms with Gasteiger partial charge >= 0.3 is 0 Å². The SMILES string of the molecule is Cc1ccc2c(c1)CCCN2C(C)C(C)CN. The van der Waals surface area contributed by atoms with Gasteiger partial charge < -0.3 is 10.6 Å². The van der Waals surface area contributed by atoms with Gasteiger partial charge in [0.1, 0.15) is 0 Å². The minimum absolute atomic E-state index is 0.529. The largest absolute Gasteiger partial charge is 0.368 e. The highest BCUT2D eigenvalue weighted by Crippen LogP contribution is 2.31. The van der Waals surface area contributed by atoms with Gasteiger partial charge in [-0.25, -0.2) is 0 Å². The second-order valence-electron chi connectivity index (χ2n) is 5.38. The quantitative estimate of drug-likeness (QED) is 0.868. The monoisotopic (exact) mass is 232 g/mol. The fourth-order valence-electron chi connectivity index (χ4n) is 2.68. The second kappa shape index (κ2) is 5.09. The lowest BCUT2D eigenvalue weighted by molar-refractivity contribution is 0.447. The minimum atomic E-state index is 0.529. The molecule has 1 heterocycles. The highest BCUT2D eigenvalue weighted by molar-refractivity contribution is 5.57. The molecule has 0 radical (unpaired) electrons.